The number of benzene rings is 4. The van der Waals surface area contributed by atoms with Crippen LogP contribution in [0.2, 0.25) is 0 Å². The molecule has 0 atom stereocenters. The van der Waals surface area contributed by atoms with E-state index in [9.17, 15) is 10.2 Å². The molecule has 2 aromatic heterocycles. The van der Waals surface area contributed by atoms with Crippen LogP contribution in [0.15, 0.2) is 97.3 Å². The molecule has 0 radical (unpaired) electrons. The zero-order valence-electron chi connectivity index (χ0n) is 34.4. The van der Waals surface area contributed by atoms with Crippen LogP contribution >= 0.6 is 0 Å². The van der Waals surface area contributed by atoms with Crippen molar-refractivity contribution in [3.8, 4) is 22.9 Å². The molecule has 0 aliphatic heterocycles. The number of aromatic nitrogens is 6. The highest BCUT2D eigenvalue weighted by Crippen LogP contribution is 2.43. The van der Waals surface area contributed by atoms with Crippen molar-refractivity contribution in [1.29, 1.82) is 0 Å². The first-order chi connectivity index (χ1) is 25.8. The fraction of sp³-hybridized carbons (Fsp3) is 0.404. The Balaban J connectivity index is 1.47. The molecule has 6 rings (SSSR count). The van der Waals surface area contributed by atoms with Gasteiger partial charge < -0.3 is 10.2 Å². The van der Waals surface area contributed by atoms with E-state index in [4.69, 9.17) is 10.2 Å². The highest BCUT2D eigenvalue weighted by atomic mass is 16.3. The van der Waals surface area contributed by atoms with Crippen LogP contribution in [0.25, 0.3) is 11.4 Å². The van der Waals surface area contributed by atoms with Gasteiger partial charge in [0.1, 0.15) is 22.9 Å². The highest BCUT2D eigenvalue weighted by Gasteiger charge is 2.32. The summed E-state index contributed by atoms with van der Waals surface area (Å²) < 4.78 is 0. The van der Waals surface area contributed by atoms with Crippen molar-refractivity contribution < 1.29 is 10.2 Å². The number of hydrogen-bond donors (Lipinski definition) is 2. The van der Waals surface area contributed by atoms with E-state index in [1.165, 1.54) is 0 Å². The summed E-state index contributed by atoms with van der Waals surface area (Å²) in [6.07, 6.45) is 6.89. The fourth-order valence-corrected chi connectivity index (χ4v) is 8.37. The van der Waals surface area contributed by atoms with Gasteiger partial charge in [0.15, 0.2) is 0 Å². The van der Waals surface area contributed by atoms with Gasteiger partial charge in [-0.15, -0.1) is 9.59 Å². The third kappa shape index (κ3) is 9.71. The van der Waals surface area contributed by atoms with Crippen molar-refractivity contribution in [2.24, 2.45) is 10.8 Å². The SMILES string of the molecule is CC(C)(C)CC(C)(C)c1cc(Cc2cc(C(C)(C)CC(C)(C)C)cc(-n3ncc(Cc4ccccc4)n3)c2O)c(O)c(-n2ncc(Cc3ccccc3)n2)c1. The maximum Gasteiger partial charge on any atom is 0.146 e. The summed E-state index contributed by atoms with van der Waals surface area (Å²) in [6.45, 7) is 22.5. The van der Waals surface area contributed by atoms with Crippen LogP contribution in [-0.2, 0) is 30.1 Å². The van der Waals surface area contributed by atoms with Gasteiger partial charge in [0.2, 0.25) is 0 Å². The lowest BCUT2D eigenvalue weighted by atomic mass is 9.71. The molecule has 0 fully saturated rings. The lowest BCUT2D eigenvalue weighted by molar-refractivity contribution is 0.283. The van der Waals surface area contributed by atoms with Crippen molar-refractivity contribution in [2.45, 2.75) is 112 Å². The van der Waals surface area contributed by atoms with E-state index in [2.05, 4.69) is 116 Å². The zero-order chi connectivity index (χ0) is 39.8. The molecule has 0 unspecified atom stereocenters. The monoisotopic (exact) mass is 738 g/mol. The summed E-state index contributed by atoms with van der Waals surface area (Å²) in [5.41, 5.74) is 8.04. The molecule has 0 aliphatic carbocycles. The Morgan fingerprint density at radius 2 is 0.855 bits per heavy atom. The van der Waals surface area contributed by atoms with E-state index in [0.29, 0.717) is 35.3 Å². The van der Waals surface area contributed by atoms with Gasteiger partial charge in [-0.25, -0.2) is 0 Å². The van der Waals surface area contributed by atoms with Crippen LogP contribution in [-0.4, -0.2) is 40.2 Å². The second kappa shape index (κ2) is 15.1. The number of nitrogens with zero attached hydrogens (tertiary/aromatic N) is 6. The van der Waals surface area contributed by atoms with E-state index in [0.717, 1.165) is 46.5 Å². The Morgan fingerprint density at radius 1 is 0.491 bits per heavy atom. The van der Waals surface area contributed by atoms with Gasteiger partial charge in [0.05, 0.1) is 23.8 Å². The van der Waals surface area contributed by atoms with Gasteiger partial charge in [0.25, 0.3) is 0 Å². The van der Waals surface area contributed by atoms with Gasteiger partial charge in [-0.05, 0) is 68.9 Å². The zero-order valence-corrected chi connectivity index (χ0v) is 34.4. The molecule has 8 heteroatoms. The molecule has 2 N–H and O–H groups in total. The first-order valence-electron chi connectivity index (χ1n) is 19.4. The minimum atomic E-state index is -0.243. The fourth-order valence-electron chi connectivity index (χ4n) is 8.37. The molecule has 0 aliphatic rings. The van der Waals surface area contributed by atoms with Crippen LogP contribution in [0.3, 0.4) is 0 Å². The second-order valence-corrected chi connectivity index (χ2v) is 19.0. The summed E-state index contributed by atoms with van der Waals surface area (Å²) >= 11 is 0. The molecule has 0 spiro atoms. The van der Waals surface area contributed by atoms with Crippen LogP contribution < -0.4 is 0 Å². The number of phenolic OH excluding ortho intramolecular Hbond substituents is 2. The third-order valence-corrected chi connectivity index (χ3v) is 10.2. The standard InChI is InChI=1S/C47H58N6O2/c1-44(2,3)30-46(7,8)36-24-34(42(54)40(26-36)52-48-28-38(50-52)21-32-17-13-11-14-18-32)23-35-25-37(47(9,10)31-45(4,5)6)27-41(43(35)55)53-49-29-39(51-53)22-33-19-15-12-16-20-33/h11-20,24-29,54-55H,21-23,30-31H2,1-10H3. The summed E-state index contributed by atoms with van der Waals surface area (Å²) in [7, 11) is 0. The van der Waals surface area contributed by atoms with Crippen molar-refractivity contribution in [3.05, 3.63) is 142 Å². The van der Waals surface area contributed by atoms with Crippen LogP contribution in [0, 0.1) is 10.8 Å². The lowest BCUT2D eigenvalue weighted by Gasteiger charge is -2.34. The molecule has 0 bridgehead atoms. The number of rotatable bonds is 12. The molecule has 6 aromatic rings. The topological polar surface area (TPSA) is 102 Å². The molecule has 55 heavy (non-hydrogen) atoms. The van der Waals surface area contributed by atoms with E-state index in [1.54, 1.807) is 22.0 Å². The average Bonchev–Trinajstić information content (AvgIpc) is 3.75. The van der Waals surface area contributed by atoms with E-state index in [1.807, 2.05) is 48.5 Å². The Bertz CT molecular complexity index is 2080. The van der Waals surface area contributed by atoms with Crippen molar-refractivity contribution >= 4 is 0 Å². The van der Waals surface area contributed by atoms with Gasteiger partial charge in [0, 0.05) is 30.4 Å². The third-order valence-electron chi connectivity index (χ3n) is 10.2. The number of phenols is 2. The smallest absolute Gasteiger partial charge is 0.146 e. The molecular weight excluding hydrogens is 681 g/mol. The van der Waals surface area contributed by atoms with Gasteiger partial charge in [-0.2, -0.15) is 20.4 Å². The summed E-state index contributed by atoms with van der Waals surface area (Å²) in [5.74, 6) is 0.166. The molecule has 288 valence electrons. The summed E-state index contributed by atoms with van der Waals surface area (Å²) in [5, 5.41) is 43.2. The number of hydrogen-bond acceptors (Lipinski definition) is 6. The molecule has 8 nitrogen and oxygen atoms in total. The van der Waals surface area contributed by atoms with E-state index < -0.39 is 0 Å². The van der Waals surface area contributed by atoms with Gasteiger partial charge in [-0.1, -0.05) is 142 Å². The van der Waals surface area contributed by atoms with E-state index >= 15 is 0 Å². The molecule has 0 saturated heterocycles. The van der Waals surface area contributed by atoms with Gasteiger partial charge >= 0.3 is 0 Å². The Morgan fingerprint density at radius 3 is 1.20 bits per heavy atom. The first-order valence-corrected chi connectivity index (χ1v) is 19.4. The van der Waals surface area contributed by atoms with Gasteiger partial charge in [-0.3, -0.25) is 0 Å². The van der Waals surface area contributed by atoms with Crippen molar-refractivity contribution in [2.75, 3.05) is 0 Å². The lowest BCUT2D eigenvalue weighted by Crippen LogP contribution is -2.25. The average molecular weight is 739 g/mol. The molecule has 4 aromatic carbocycles. The van der Waals surface area contributed by atoms with Crippen LogP contribution in [0.1, 0.15) is 127 Å². The summed E-state index contributed by atoms with van der Waals surface area (Å²) in [4.78, 5) is 3.09. The second-order valence-electron chi connectivity index (χ2n) is 19.0. The molecular formula is C47H58N6O2. The van der Waals surface area contributed by atoms with Crippen molar-refractivity contribution in [3.63, 3.8) is 0 Å². The molecule has 2 heterocycles. The highest BCUT2D eigenvalue weighted by molar-refractivity contribution is 5.59. The van der Waals surface area contributed by atoms with Crippen LogP contribution in [0.5, 0.6) is 11.5 Å². The predicted octanol–water partition coefficient (Wildman–Crippen LogP) is 10.5. The Labute approximate surface area is 327 Å². The maximum atomic E-state index is 12.1. The molecule has 0 amide bonds. The minimum Gasteiger partial charge on any atom is -0.505 e. The largest absolute Gasteiger partial charge is 0.505 e. The minimum absolute atomic E-state index is 0.0603. The first kappa shape index (κ1) is 39.5. The number of aromatic hydroxyl groups is 2. The van der Waals surface area contributed by atoms with Crippen LogP contribution in [0.4, 0.5) is 0 Å². The Hall–Kier alpha value is -5.24. The summed E-state index contributed by atoms with van der Waals surface area (Å²) in [6, 6.07) is 28.6. The van der Waals surface area contributed by atoms with Crippen molar-refractivity contribution in [1.82, 2.24) is 30.0 Å². The predicted molar refractivity (Wildman–Crippen MR) is 222 cm³/mol. The maximum absolute atomic E-state index is 12.1. The Kier molecular flexibility index (Phi) is 10.8. The quantitative estimate of drug-likeness (QED) is 0.130. The molecule has 0 saturated carbocycles. The normalized spacial score (nSPS) is 12.7. The van der Waals surface area contributed by atoms with E-state index in [-0.39, 0.29) is 39.6 Å².